The summed E-state index contributed by atoms with van der Waals surface area (Å²) in [7, 11) is 0. The third-order valence-corrected chi connectivity index (χ3v) is 4.13. The lowest BCUT2D eigenvalue weighted by molar-refractivity contribution is -0.143. The minimum absolute atomic E-state index is 0.0308. The zero-order valence-corrected chi connectivity index (χ0v) is 15.5. The number of ether oxygens (including phenoxy) is 1. The summed E-state index contributed by atoms with van der Waals surface area (Å²) in [4.78, 5) is 11.9. The molecule has 1 aromatic heterocycles. The molecule has 152 valence electrons. The van der Waals surface area contributed by atoms with Gasteiger partial charge in [-0.3, -0.25) is 0 Å². The van der Waals surface area contributed by atoms with Crippen LogP contribution in [-0.4, -0.2) is 22.4 Å². The van der Waals surface area contributed by atoms with Gasteiger partial charge in [-0.15, -0.1) is 0 Å². The molecule has 1 heterocycles. The lowest BCUT2D eigenvalue weighted by Gasteiger charge is -2.13. The van der Waals surface area contributed by atoms with Crippen LogP contribution >= 0.6 is 11.6 Å². The number of hydrogen-bond acceptors (Lipinski definition) is 3. The average molecular weight is 428 g/mol. The second-order valence-electron chi connectivity index (χ2n) is 5.94. The third kappa shape index (κ3) is 5.26. The lowest BCUT2D eigenvalue weighted by Crippen LogP contribution is -2.29. The molecule has 0 saturated heterocycles. The van der Waals surface area contributed by atoms with Crippen LogP contribution in [0.5, 0.6) is 5.75 Å². The summed E-state index contributed by atoms with van der Waals surface area (Å²) in [5.74, 6) is -1.36. The topological polar surface area (TPSA) is 56.1 Å². The molecule has 3 aromatic rings. The van der Waals surface area contributed by atoms with E-state index in [-0.39, 0.29) is 12.2 Å². The molecule has 0 spiro atoms. The van der Waals surface area contributed by atoms with Crippen LogP contribution < -0.4 is 10.1 Å². The van der Waals surface area contributed by atoms with Crippen LogP contribution in [0.4, 0.5) is 22.4 Å². The van der Waals surface area contributed by atoms with E-state index >= 15 is 0 Å². The molecule has 1 amide bonds. The first-order valence-corrected chi connectivity index (χ1v) is 8.73. The number of rotatable bonds is 5. The molecule has 0 saturated carbocycles. The predicted molar refractivity (Wildman–Crippen MR) is 97.7 cm³/mol. The molecule has 29 heavy (non-hydrogen) atoms. The Morgan fingerprint density at radius 3 is 2.38 bits per heavy atom. The Morgan fingerprint density at radius 1 is 1.10 bits per heavy atom. The molecule has 0 unspecified atom stereocenters. The molecule has 10 heteroatoms. The Hall–Kier alpha value is -3.07. The van der Waals surface area contributed by atoms with E-state index in [1.807, 2.05) is 0 Å². The largest absolute Gasteiger partial charge is 0.437 e. The Kier molecular flexibility index (Phi) is 6.07. The second-order valence-corrected chi connectivity index (χ2v) is 6.37. The summed E-state index contributed by atoms with van der Waals surface area (Å²) in [6.45, 7) is 0.147. The van der Waals surface area contributed by atoms with Gasteiger partial charge in [-0.05, 0) is 48.4 Å². The van der Waals surface area contributed by atoms with E-state index in [1.54, 1.807) is 24.3 Å². The van der Waals surface area contributed by atoms with Crippen LogP contribution in [0.15, 0.2) is 54.7 Å². The van der Waals surface area contributed by atoms with Gasteiger partial charge in [0, 0.05) is 11.6 Å². The molecule has 0 aliphatic carbocycles. The van der Waals surface area contributed by atoms with Gasteiger partial charge in [0.15, 0.2) is 11.4 Å². The highest BCUT2D eigenvalue weighted by Crippen LogP contribution is 2.37. The maximum Gasteiger partial charge on any atom is 0.437 e. The lowest BCUT2D eigenvalue weighted by atomic mass is 10.1. The summed E-state index contributed by atoms with van der Waals surface area (Å²) >= 11 is 5.78. The SMILES string of the molecule is O=C(NCCc1ccc(Cl)cc1)Oc1cnn(-c2ccc(F)cc2)c1C(F)(F)F. The molecular weight excluding hydrogens is 414 g/mol. The Morgan fingerprint density at radius 2 is 1.76 bits per heavy atom. The van der Waals surface area contributed by atoms with Crippen molar-refractivity contribution in [1.29, 1.82) is 0 Å². The number of benzene rings is 2. The number of carbonyl (C=O) groups is 1. The maximum absolute atomic E-state index is 13.5. The molecule has 0 fully saturated rings. The molecule has 0 atom stereocenters. The van der Waals surface area contributed by atoms with Crippen molar-refractivity contribution < 1.29 is 27.1 Å². The summed E-state index contributed by atoms with van der Waals surface area (Å²) in [5.41, 5.74) is -0.427. The van der Waals surface area contributed by atoms with Crippen LogP contribution in [0.2, 0.25) is 5.02 Å². The number of halogens is 5. The number of amides is 1. The summed E-state index contributed by atoms with van der Waals surface area (Å²) in [6, 6.07) is 11.2. The average Bonchev–Trinajstić information content (AvgIpc) is 3.08. The Labute approximate surface area is 167 Å². The first-order valence-electron chi connectivity index (χ1n) is 8.35. The van der Waals surface area contributed by atoms with E-state index in [4.69, 9.17) is 16.3 Å². The molecule has 0 aliphatic heterocycles. The highest BCUT2D eigenvalue weighted by Gasteiger charge is 2.40. The minimum atomic E-state index is -4.86. The van der Waals surface area contributed by atoms with Gasteiger partial charge in [0.1, 0.15) is 5.82 Å². The zero-order chi connectivity index (χ0) is 21.0. The molecule has 2 aromatic carbocycles. The van der Waals surface area contributed by atoms with E-state index in [9.17, 15) is 22.4 Å². The zero-order valence-electron chi connectivity index (χ0n) is 14.7. The van der Waals surface area contributed by atoms with E-state index in [0.29, 0.717) is 16.1 Å². The van der Waals surface area contributed by atoms with Crippen LogP contribution in [0.25, 0.3) is 5.69 Å². The fourth-order valence-electron chi connectivity index (χ4n) is 2.54. The molecule has 5 nitrogen and oxygen atoms in total. The first-order chi connectivity index (χ1) is 13.7. The van der Waals surface area contributed by atoms with Crippen molar-refractivity contribution in [1.82, 2.24) is 15.1 Å². The van der Waals surface area contributed by atoms with Gasteiger partial charge < -0.3 is 10.1 Å². The van der Waals surface area contributed by atoms with Crippen molar-refractivity contribution in [3.8, 4) is 11.4 Å². The van der Waals surface area contributed by atoms with E-state index < -0.39 is 29.5 Å². The monoisotopic (exact) mass is 427 g/mol. The Balaban J connectivity index is 1.70. The normalized spacial score (nSPS) is 11.3. The third-order valence-electron chi connectivity index (χ3n) is 3.87. The summed E-state index contributed by atoms with van der Waals surface area (Å²) < 4.78 is 58.9. The first kappa shape index (κ1) is 20.7. The highest BCUT2D eigenvalue weighted by molar-refractivity contribution is 6.30. The number of hydrogen-bond donors (Lipinski definition) is 1. The molecule has 0 radical (unpaired) electrons. The van der Waals surface area contributed by atoms with Crippen molar-refractivity contribution in [2.45, 2.75) is 12.6 Å². The van der Waals surface area contributed by atoms with Gasteiger partial charge in [-0.25, -0.2) is 13.9 Å². The molecule has 0 aliphatic rings. The Bertz CT molecular complexity index is 986. The summed E-state index contributed by atoms with van der Waals surface area (Å²) in [6.07, 6.45) is -4.69. The fourth-order valence-corrected chi connectivity index (χ4v) is 2.67. The predicted octanol–water partition coefficient (Wildman–Crippen LogP) is 5.01. The van der Waals surface area contributed by atoms with E-state index in [1.165, 1.54) is 0 Å². The van der Waals surface area contributed by atoms with Crippen LogP contribution in [-0.2, 0) is 12.6 Å². The second kappa shape index (κ2) is 8.52. The van der Waals surface area contributed by atoms with Crippen molar-refractivity contribution in [3.63, 3.8) is 0 Å². The summed E-state index contributed by atoms with van der Waals surface area (Å²) in [5, 5.41) is 6.58. The number of alkyl halides is 3. The smallest absolute Gasteiger partial charge is 0.406 e. The van der Waals surface area contributed by atoms with Gasteiger partial charge in [0.05, 0.1) is 11.9 Å². The number of nitrogens with one attached hydrogen (secondary N) is 1. The maximum atomic E-state index is 13.5. The van der Waals surface area contributed by atoms with E-state index in [0.717, 1.165) is 36.0 Å². The number of aromatic nitrogens is 2. The van der Waals surface area contributed by atoms with Gasteiger partial charge in [-0.2, -0.15) is 18.3 Å². The van der Waals surface area contributed by atoms with Crippen molar-refractivity contribution in [3.05, 3.63) is 76.8 Å². The minimum Gasteiger partial charge on any atom is -0.406 e. The van der Waals surface area contributed by atoms with Crippen molar-refractivity contribution >= 4 is 17.7 Å². The van der Waals surface area contributed by atoms with Crippen molar-refractivity contribution in [2.24, 2.45) is 0 Å². The van der Waals surface area contributed by atoms with E-state index in [2.05, 4.69) is 10.4 Å². The molecule has 1 N–H and O–H groups in total. The standard InChI is InChI=1S/C19H14ClF4N3O2/c20-13-3-1-12(2-4-13)9-10-25-18(28)29-16-11-26-27(17(16)19(22,23)24)15-7-5-14(21)6-8-15/h1-8,11H,9-10H2,(H,25,28). The van der Waals surface area contributed by atoms with Crippen molar-refractivity contribution in [2.75, 3.05) is 6.54 Å². The molecule has 0 bridgehead atoms. The van der Waals surface area contributed by atoms with Crippen LogP contribution in [0, 0.1) is 5.82 Å². The quantitative estimate of drug-likeness (QED) is 0.582. The fraction of sp³-hybridized carbons (Fsp3) is 0.158. The van der Waals surface area contributed by atoms with Crippen LogP contribution in [0.1, 0.15) is 11.3 Å². The van der Waals surface area contributed by atoms with Gasteiger partial charge >= 0.3 is 12.3 Å². The number of carbonyl (C=O) groups excluding carboxylic acids is 1. The van der Waals surface area contributed by atoms with Gasteiger partial charge in [0.2, 0.25) is 0 Å². The van der Waals surface area contributed by atoms with Gasteiger partial charge in [-0.1, -0.05) is 23.7 Å². The molecule has 3 rings (SSSR count). The van der Waals surface area contributed by atoms with Gasteiger partial charge in [0.25, 0.3) is 0 Å². The molecular formula is C19H14ClF4N3O2. The highest BCUT2D eigenvalue weighted by atomic mass is 35.5. The number of nitrogens with zero attached hydrogens (tertiary/aromatic N) is 2. The van der Waals surface area contributed by atoms with Crippen LogP contribution in [0.3, 0.4) is 0 Å².